The Kier molecular flexibility index (Phi) is 4.88. The van der Waals surface area contributed by atoms with Gasteiger partial charge in [0.25, 0.3) is 0 Å². The van der Waals surface area contributed by atoms with E-state index in [9.17, 15) is 9.18 Å². The van der Waals surface area contributed by atoms with Crippen LogP contribution in [0.25, 0.3) is 0 Å². The van der Waals surface area contributed by atoms with Gasteiger partial charge in [-0.3, -0.25) is 0 Å². The van der Waals surface area contributed by atoms with Gasteiger partial charge < -0.3 is 15.2 Å². The first-order chi connectivity index (χ1) is 10.5. The van der Waals surface area contributed by atoms with Crippen LogP contribution in [0, 0.1) is 5.82 Å². The molecule has 1 heterocycles. The minimum Gasteiger partial charge on any atom is -0.483 e. The second-order valence-electron chi connectivity index (χ2n) is 4.88. The Hall–Kier alpha value is -2.70. The lowest BCUT2D eigenvalue weighted by Crippen LogP contribution is -2.15. The van der Waals surface area contributed by atoms with Crippen molar-refractivity contribution in [1.82, 2.24) is 9.97 Å². The van der Waals surface area contributed by atoms with Crippen LogP contribution in [0.5, 0.6) is 5.75 Å². The SMILES string of the molecule is CC(C)Nc1cc(C(=O)O)nc(COc2ccccc2F)n1. The van der Waals surface area contributed by atoms with Gasteiger partial charge in [0, 0.05) is 12.1 Å². The minimum absolute atomic E-state index is 0.0604. The van der Waals surface area contributed by atoms with Crippen LogP contribution in [-0.4, -0.2) is 27.1 Å². The van der Waals surface area contributed by atoms with Crippen molar-refractivity contribution in [2.45, 2.75) is 26.5 Å². The van der Waals surface area contributed by atoms with Gasteiger partial charge in [-0.05, 0) is 26.0 Å². The highest BCUT2D eigenvalue weighted by atomic mass is 19.1. The number of hydrogen-bond donors (Lipinski definition) is 2. The zero-order valence-corrected chi connectivity index (χ0v) is 12.2. The summed E-state index contributed by atoms with van der Waals surface area (Å²) in [5.41, 5.74) is -0.148. The van der Waals surface area contributed by atoms with E-state index in [2.05, 4.69) is 15.3 Å². The average Bonchev–Trinajstić information content (AvgIpc) is 2.45. The van der Waals surface area contributed by atoms with Crippen LogP contribution in [0.1, 0.15) is 30.2 Å². The molecule has 0 saturated heterocycles. The van der Waals surface area contributed by atoms with Gasteiger partial charge in [0.05, 0.1) is 0 Å². The molecule has 0 unspecified atom stereocenters. The molecule has 6 nitrogen and oxygen atoms in total. The number of benzene rings is 1. The molecule has 2 aromatic rings. The molecule has 0 amide bonds. The Morgan fingerprint density at radius 3 is 2.73 bits per heavy atom. The normalized spacial score (nSPS) is 10.5. The van der Waals surface area contributed by atoms with Gasteiger partial charge in [-0.2, -0.15) is 0 Å². The third-order valence-corrected chi connectivity index (χ3v) is 2.62. The lowest BCUT2D eigenvalue weighted by Gasteiger charge is -2.12. The largest absolute Gasteiger partial charge is 0.483 e. The van der Waals surface area contributed by atoms with Gasteiger partial charge in [0.2, 0.25) is 0 Å². The van der Waals surface area contributed by atoms with Gasteiger partial charge in [-0.1, -0.05) is 12.1 Å². The zero-order valence-electron chi connectivity index (χ0n) is 12.2. The van der Waals surface area contributed by atoms with E-state index in [0.29, 0.717) is 5.82 Å². The van der Waals surface area contributed by atoms with Crippen LogP contribution in [-0.2, 0) is 6.61 Å². The Morgan fingerprint density at radius 2 is 2.09 bits per heavy atom. The highest BCUT2D eigenvalue weighted by Crippen LogP contribution is 2.17. The predicted octanol–water partition coefficient (Wildman–Crippen LogP) is 2.71. The standard InChI is InChI=1S/C15H16FN3O3/c1-9(2)17-13-7-11(15(20)21)18-14(19-13)8-22-12-6-4-3-5-10(12)16/h3-7,9H,8H2,1-2H3,(H,20,21)(H,17,18,19). The van der Waals surface area contributed by atoms with Gasteiger partial charge >= 0.3 is 5.97 Å². The second-order valence-corrected chi connectivity index (χ2v) is 4.88. The van der Waals surface area contributed by atoms with Crippen molar-refractivity contribution in [3.8, 4) is 5.75 Å². The summed E-state index contributed by atoms with van der Waals surface area (Å²) in [6.07, 6.45) is 0. The molecule has 0 saturated carbocycles. The van der Waals surface area contributed by atoms with Gasteiger partial charge in [-0.15, -0.1) is 0 Å². The first-order valence-electron chi connectivity index (χ1n) is 6.71. The highest BCUT2D eigenvalue weighted by Gasteiger charge is 2.12. The molecule has 0 aliphatic rings. The highest BCUT2D eigenvalue weighted by molar-refractivity contribution is 5.86. The van der Waals surface area contributed by atoms with Crippen LogP contribution in [0.3, 0.4) is 0 Å². The third kappa shape index (κ3) is 4.15. The van der Waals surface area contributed by atoms with Crippen LogP contribution in [0.15, 0.2) is 30.3 Å². The minimum atomic E-state index is -1.17. The van der Waals surface area contributed by atoms with Gasteiger partial charge in [-0.25, -0.2) is 19.2 Å². The molecule has 1 aromatic carbocycles. The number of para-hydroxylation sites is 1. The molecule has 0 bridgehead atoms. The van der Waals surface area contributed by atoms with Crippen LogP contribution in [0.4, 0.5) is 10.2 Å². The fourth-order valence-electron chi connectivity index (χ4n) is 1.75. The Morgan fingerprint density at radius 1 is 1.36 bits per heavy atom. The number of nitrogens with one attached hydrogen (secondary N) is 1. The van der Waals surface area contributed by atoms with E-state index < -0.39 is 11.8 Å². The van der Waals surface area contributed by atoms with Crippen molar-refractivity contribution in [2.75, 3.05) is 5.32 Å². The molecular formula is C15H16FN3O3. The van der Waals surface area contributed by atoms with Gasteiger partial charge in [0.1, 0.15) is 12.4 Å². The first-order valence-corrected chi connectivity index (χ1v) is 6.71. The Labute approximate surface area is 127 Å². The molecule has 0 radical (unpaired) electrons. The van der Waals surface area contributed by atoms with E-state index in [1.165, 1.54) is 18.2 Å². The van der Waals surface area contributed by atoms with Crippen LogP contribution < -0.4 is 10.1 Å². The quantitative estimate of drug-likeness (QED) is 0.853. The summed E-state index contributed by atoms with van der Waals surface area (Å²) in [7, 11) is 0. The van der Waals surface area contributed by atoms with Crippen molar-refractivity contribution in [1.29, 1.82) is 0 Å². The smallest absolute Gasteiger partial charge is 0.354 e. The number of nitrogens with zero attached hydrogens (tertiary/aromatic N) is 2. The lowest BCUT2D eigenvalue weighted by molar-refractivity contribution is 0.0689. The zero-order chi connectivity index (χ0) is 16.1. The summed E-state index contributed by atoms with van der Waals surface area (Å²) in [6, 6.07) is 7.36. The van der Waals surface area contributed by atoms with Gasteiger partial charge in [0.15, 0.2) is 23.1 Å². The molecule has 0 aliphatic carbocycles. The number of aromatic nitrogens is 2. The van der Waals surface area contributed by atoms with Crippen molar-refractivity contribution in [3.05, 3.63) is 47.7 Å². The third-order valence-electron chi connectivity index (χ3n) is 2.62. The van der Waals surface area contributed by atoms with E-state index in [1.54, 1.807) is 12.1 Å². The number of carboxylic acid groups (broad SMARTS) is 1. The summed E-state index contributed by atoms with van der Waals surface area (Å²) in [4.78, 5) is 19.2. The van der Waals surface area contributed by atoms with Crippen molar-refractivity contribution >= 4 is 11.8 Å². The predicted molar refractivity (Wildman–Crippen MR) is 78.5 cm³/mol. The Balaban J connectivity index is 2.20. The van der Waals surface area contributed by atoms with E-state index >= 15 is 0 Å². The maximum absolute atomic E-state index is 13.5. The number of carbonyl (C=O) groups is 1. The molecule has 22 heavy (non-hydrogen) atoms. The van der Waals surface area contributed by atoms with Crippen LogP contribution >= 0.6 is 0 Å². The summed E-state index contributed by atoms with van der Waals surface area (Å²) in [5, 5.41) is 12.1. The van der Waals surface area contributed by atoms with E-state index in [1.807, 2.05) is 13.8 Å². The molecule has 0 aliphatic heterocycles. The molecule has 1 aromatic heterocycles. The monoisotopic (exact) mass is 305 g/mol. The number of anilines is 1. The topological polar surface area (TPSA) is 84.3 Å². The maximum Gasteiger partial charge on any atom is 0.354 e. The molecule has 2 N–H and O–H groups in total. The molecule has 7 heteroatoms. The maximum atomic E-state index is 13.5. The van der Waals surface area contributed by atoms with E-state index in [4.69, 9.17) is 9.84 Å². The fourth-order valence-corrected chi connectivity index (χ4v) is 1.75. The average molecular weight is 305 g/mol. The summed E-state index contributed by atoms with van der Waals surface area (Å²) in [5.74, 6) is -1.07. The van der Waals surface area contributed by atoms with E-state index in [0.717, 1.165) is 0 Å². The number of ether oxygens (including phenoxy) is 1. The summed E-state index contributed by atoms with van der Waals surface area (Å²) in [6.45, 7) is 3.67. The molecule has 116 valence electrons. The second kappa shape index (κ2) is 6.84. The Bertz CT molecular complexity index is 677. The molecule has 0 atom stereocenters. The summed E-state index contributed by atoms with van der Waals surface area (Å²) < 4.78 is 18.8. The van der Waals surface area contributed by atoms with E-state index in [-0.39, 0.29) is 29.9 Å². The fraction of sp³-hybridized carbons (Fsp3) is 0.267. The van der Waals surface area contributed by atoms with Crippen molar-refractivity contribution in [2.24, 2.45) is 0 Å². The van der Waals surface area contributed by atoms with Crippen molar-refractivity contribution < 1.29 is 19.0 Å². The molecular weight excluding hydrogens is 289 g/mol. The van der Waals surface area contributed by atoms with Crippen LogP contribution in [0.2, 0.25) is 0 Å². The lowest BCUT2D eigenvalue weighted by atomic mass is 10.3. The number of aromatic carboxylic acids is 1. The number of rotatable bonds is 6. The molecule has 0 spiro atoms. The molecule has 0 fully saturated rings. The number of hydrogen-bond acceptors (Lipinski definition) is 5. The number of carboxylic acids is 1. The molecule has 2 rings (SSSR count). The van der Waals surface area contributed by atoms with Crippen molar-refractivity contribution in [3.63, 3.8) is 0 Å². The number of halogens is 1. The summed E-state index contributed by atoms with van der Waals surface area (Å²) >= 11 is 0. The first kappa shape index (κ1) is 15.7.